The van der Waals surface area contributed by atoms with E-state index < -0.39 is 0 Å². The molecule has 4 heterocycles. The van der Waals surface area contributed by atoms with Crippen LogP contribution in [-0.4, -0.2) is 48.4 Å². The Kier molecular flexibility index (Phi) is 6.17. The third-order valence-corrected chi connectivity index (χ3v) is 8.53. The fourth-order valence-electron chi connectivity index (χ4n) is 5.93. The molecule has 2 unspecified atom stereocenters. The first-order valence-electron chi connectivity index (χ1n) is 12.4. The molecular formula is C29H29FN2O2S. The molecule has 180 valence electrons. The SMILES string of the molecule is O=C(c1cccc2ccoc12)N1CC(CN2CCC(c3ccc(F)cc3)CC2)C(c2ccsc2)C1. The summed E-state index contributed by atoms with van der Waals surface area (Å²) >= 11 is 1.72. The van der Waals surface area contributed by atoms with Crippen LogP contribution in [0.2, 0.25) is 0 Å². The van der Waals surface area contributed by atoms with Crippen LogP contribution in [0, 0.1) is 11.7 Å². The summed E-state index contributed by atoms with van der Waals surface area (Å²) in [6.07, 6.45) is 3.83. The van der Waals surface area contributed by atoms with Gasteiger partial charge in [0.05, 0.1) is 11.8 Å². The van der Waals surface area contributed by atoms with Crippen molar-refractivity contribution >= 4 is 28.2 Å². The fraction of sp³-hybridized carbons (Fsp3) is 0.345. The average Bonchev–Trinajstić information content (AvgIpc) is 3.65. The summed E-state index contributed by atoms with van der Waals surface area (Å²) in [5.74, 6) is 1.12. The number of benzene rings is 2. The van der Waals surface area contributed by atoms with Crippen molar-refractivity contribution in [2.24, 2.45) is 5.92 Å². The second-order valence-electron chi connectivity index (χ2n) is 9.90. The minimum Gasteiger partial charge on any atom is -0.464 e. The molecule has 2 aromatic carbocycles. The van der Waals surface area contributed by atoms with Crippen molar-refractivity contribution < 1.29 is 13.6 Å². The van der Waals surface area contributed by atoms with Gasteiger partial charge in [-0.2, -0.15) is 11.3 Å². The number of rotatable bonds is 5. The van der Waals surface area contributed by atoms with Gasteiger partial charge in [0.25, 0.3) is 5.91 Å². The van der Waals surface area contributed by atoms with E-state index in [-0.39, 0.29) is 11.7 Å². The smallest absolute Gasteiger partial charge is 0.257 e. The number of carbonyl (C=O) groups is 1. The Labute approximate surface area is 209 Å². The lowest BCUT2D eigenvalue weighted by Crippen LogP contribution is -2.38. The molecule has 0 N–H and O–H groups in total. The third kappa shape index (κ3) is 4.53. The summed E-state index contributed by atoms with van der Waals surface area (Å²) in [6.45, 7) is 4.56. The Morgan fingerprint density at radius 2 is 1.83 bits per heavy atom. The van der Waals surface area contributed by atoms with Gasteiger partial charge in [-0.1, -0.05) is 24.3 Å². The molecule has 0 aliphatic carbocycles. The van der Waals surface area contributed by atoms with Gasteiger partial charge in [0.1, 0.15) is 11.4 Å². The largest absolute Gasteiger partial charge is 0.464 e. The zero-order chi connectivity index (χ0) is 23.8. The van der Waals surface area contributed by atoms with Crippen molar-refractivity contribution in [2.45, 2.75) is 24.7 Å². The second-order valence-corrected chi connectivity index (χ2v) is 10.7. The standard InChI is InChI=1S/C29H29FN2O2S/c30-25-6-4-20(5-7-25)21-8-12-31(13-9-21)16-24-17-32(18-27(24)23-11-15-35-19-23)29(33)26-3-1-2-22-10-14-34-28(22)26/h1-7,10-11,14-15,19,21,24,27H,8-9,12-13,16-18H2. The summed E-state index contributed by atoms with van der Waals surface area (Å²) in [4.78, 5) is 18.1. The van der Waals surface area contributed by atoms with E-state index in [4.69, 9.17) is 4.42 Å². The van der Waals surface area contributed by atoms with Crippen LogP contribution in [0.1, 0.15) is 46.2 Å². The predicted molar refractivity (Wildman–Crippen MR) is 137 cm³/mol. The molecule has 1 amide bonds. The highest BCUT2D eigenvalue weighted by Gasteiger charge is 2.38. The number of halogens is 1. The minimum absolute atomic E-state index is 0.0586. The summed E-state index contributed by atoms with van der Waals surface area (Å²) < 4.78 is 19.0. The molecule has 4 aromatic rings. The Morgan fingerprint density at radius 1 is 1.00 bits per heavy atom. The Balaban J connectivity index is 1.16. The average molecular weight is 489 g/mol. The number of hydrogen-bond acceptors (Lipinski definition) is 4. The number of hydrogen-bond donors (Lipinski definition) is 0. The third-order valence-electron chi connectivity index (χ3n) is 7.83. The quantitative estimate of drug-likeness (QED) is 0.328. The number of piperidine rings is 1. The van der Waals surface area contributed by atoms with E-state index >= 15 is 0 Å². The zero-order valence-corrected chi connectivity index (χ0v) is 20.4. The van der Waals surface area contributed by atoms with Gasteiger partial charge in [0.15, 0.2) is 0 Å². The molecule has 2 aliphatic rings. The van der Waals surface area contributed by atoms with Gasteiger partial charge >= 0.3 is 0 Å². The molecule has 0 saturated carbocycles. The summed E-state index contributed by atoms with van der Waals surface area (Å²) in [6, 6.07) is 16.9. The van der Waals surface area contributed by atoms with E-state index in [1.54, 1.807) is 29.7 Å². The molecule has 4 nitrogen and oxygen atoms in total. The number of fused-ring (bicyclic) bond motifs is 1. The fourth-order valence-corrected chi connectivity index (χ4v) is 6.66. The summed E-state index contributed by atoms with van der Waals surface area (Å²) in [5, 5.41) is 5.33. The molecule has 0 bridgehead atoms. The first-order chi connectivity index (χ1) is 17.2. The van der Waals surface area contributed by atoms with Crippen LogP contribution in [0.5, 0.6) is 0 Å². The molecule has 35 heavy (non-hydrogen) atoms. The normalized spacial score (nSPS) is 21.7. The Hall–Kier alpha value is -2.96. The Morgan fingerprint density at radius 3 is 2.60 bits per heavy atom. The number of likely N-dealkylation sites (tertiary alicyclic amines) is 2. The first-order valence-corrected chi connectivity index (χ1v) is 13.4. The molecular weight excluding hydrogens is 459 g/mol. The van der Waals surface area contributed by atoms with Crippen LogP contribution >= 0.6 is 11.3 Å². The lowest BCUT2D eigenvalue weighted by molar-refractivity contribution is 0.0782. The summed E-state index contributed by atoms with van der Waals surface area (Å²) in [7, 11) is 0. The van der Waals surface area contributed by atoms with Gasteiger partial charge in [-0.15, -0.1) is 0 Å². The van der Waals surface area contributed by atoms with E-state index in [0.29, 0.717) is 28.9 Å². The molecule has 2 saturated heterocycles. The predicted octanol–water partition coefficient (Wildman–Crippen LogP) is 6.37. The highest BCUT2D eigenvalue weighted by Crippen LogP contribution is 2.37. The van der Waals surface area contributed by atoms with E-state index in [9.17, 15) is 9.18 Å². The lowest BCUT2D eigenvalue weighted by atomic mass is 9.87. The van der Waals surface area contributed by atoms with Gasteiger partial charge in [0, 0.05) is 30.9 Å². The van der Waals surface area contributed by atoms with Crippen LogP contribution in [0.3, 0.4) is 0 Å². The second kappa shape index (κ2) is 9.59. The van der Waals surface area contributed by atoms with Gasteiger partial charge < -0.3 is 14.2 Å². The van der Waals surface area contributed by atoms with Crippen LogP contribution < -0.4 is 0 Å². The number of nitrogens with zero attached hydrogens (tertiary/aromatic N) is 2. The number of amides is 1. The highest BCUT2D eigenvalue weighted by molar-refractivity contribution is 7.08. The molecule has 2 atom stereocenters. The van der Waals surface area contributed by atoms with Crippen LogP contribution in [0.25, 0.3) is 11.0 Å². The van der Waals surface area contributed by atoms with Crippen molar-refractivity contribution in [3.8, 4) is 0 Å². The van der Waals surface area contributed by atoms with E-state index in [2.05, 4.69) is 21.7 Å². The maximum Gasteiger partial charge on any atom is 0.257 e. The van der Waals surface area contributed by atoms with Gasteiger partial charge in [0.2, 0.25) is 0 Å². The van der Waals surface area contributed by atoms with Crippen molar-refractivity contribution in [2.75, 3.05) is 32.7 Å². The van der Waals surface area contributed by atoms with Crippen molar-refractivity contribution in [3.05, 3.63) is 94.1 Å². The zero-order valence-electron chi connectivity index (χ0n) is 19.6. The topological polar surface area (TPSA) is 36.7 Å². The highest BCUT2D eigenvalue weighted by atomic mass is 32.1. The molecule has 6 rings (SSSR count). The Bertz CT molecular complexity index is 1290. The van der Waals surface area contributed by atoms with E-state index in [1.807, 2.05) is 41.3 Å². The maximum atomic E-state index is 13.6. The maximum absolute atomic E-state index is 13.6. The van der Waals surface area contributed by atoms with E-state index in [1.165, 1.54) is 11.1 Å². The number of carbonyl (C=O) groups excluding carboxylic acids is 1. The molecule has 2 fully saturated rings. The number of para-hydroxylation sites is 1. The van der Waals surface area contributed by atoms with Gasteiger partial charge in [-0.05, 0) is 90.0 Å². The van der Waals surface area contributed by atoms with Crippen molar-refractivity contribution in [1.29, 1.82) is 0 Å². The molecule has 0 radical (unpaired) electrons. The van der Waals surface area contributed by atoms with E-state index in [0.717, 1.165) is 51.0 Å². The first kappa shape index (κ1) is 22.5. The number of thiophene rings is 1. The lowest BCUT2D eigenvalue weighted by Gasteiger charge is -2.34. The van der Waals surface area contributed by atoms with Crippen LogP contribution in [0.15, 0.2) is 76.0 Å². The van der Waals surface area contributed by atoms with Gasteiger partial charge in [-0.3, -0.25) is 4.79 Å². The van der Waals surface area contributed by atoms with Crippen molar-refractivity contribution in [3.63, 3.8) is 0 Å². The summed E-state index contributed by atoms with van der Waals surface area (Å²) in [5.41, 5.74) is 3.91. The molecule has 2 aliphatic heterocycles. The van der Waals surface area contributed by atoms with Gasteiger partial charge in [-0.25, -0.2) is 4.39 Å². The monoisotopic (exact) mass is 488 g/mol. The van der Waals surface area contributed by atoms with Crippen LogP contribution in [-0.2, 0) is 0 Å². The minimum atomic E-state index is -0.172. The van der Waals surface area contributed by atoms with Crippen LogP contribution in [0.4, 0.5) is 4.39 Å². The number of furan rings is 1. The molecule has 6 heteroatoms. The van der Waals surface area contributed by atoms with Crippen molar-refractivity contribution in [1.82, 2.24) is 9.80 Å². The molecule has 0 spiro atoms. The molecule has 2 aromatic heterocycles.